The number of nitrogens with two attached hydrogens (primary N) is 1. The summed E-state index contributed by atoms with van der Waals surface area (Å²) in [6, 6.07) is 1.53. The molecule has 1 aliphatic heterocycles. The maximum Gasteiger partial charge on any atom is 0.270 e. The van der Waals surface area contributed by atoms with Gasteiger partial charge in [-0.2, -0.15) is 0 Å². The number of H-pyrrole nitrogens is 1. The highest BCUT2D eigenvalue weighted by Crippen LogP contribution is 2.49. The van der Waals surface area contributed by atoms with Crippen molar-refractivity contribution in [1.29, 1.82) is 0 Å². The third-order valence-electron chi connectivity index (χ3n) is 4.65. The second-order valence-corrected chi connectivity index (χ2v) is 6.13. The summed E-state index contributed by atoms with van der Waals surface area (Å²) in [4.78, 5) is 28.2. The highest BCUT2D eigenvalue weighted by Gasteiger charge is 2.49. The summed E-state index contributed by atoms with van der Waals surface area (Å²) >= 11 is 0. The molecule has 21 heavy (non-hydrogen) atoms. The average Bonchev–Trinajstić information content (AvgIpc) is 3.04. The van der Waals surface area contributed by atoms with Crippen LogP contribution in [0.2, 0.25) is 0 Å². The number of rotatable bonds is 4. The van der Waals surface area contributed by atoms with E-state index in [1.807, 2.05) is 11.8 Å². The van der Waals surface area contributed by atoms with E-state index in [-0.39, 0.29) is 11.3 Å². The molecule has 3 rings (SSSR count). The van der Waals surface area contributed by atoms with Crippen LogP contribution in [0.5, 0.6) is 0 Å². The first-order chi connectivity index (χ1) is 10.0. The summed E-state index contributed by atoms with van der Waals surface area (Å²) in [6.45, 7) is 4.31. The molecule has 1 aromatic heterocycles. The number of hydrogen-bond acceptors (Lipinski definition) is 3. The van der Waals surface area contributed by atoms with Gasteiger partial charge >= 0.3 is 0 Å². The fourth-order valence-corrected chi connectivity index (χ4v) is 3.53. The molecule has 2 amide bonds. The number of likely N-dealkylation sites (tertiary alicyclic amines) is 1. The molecule has 1 spiro atoms. The van der Waals surface area contributed by atoms with Crippen LogP contribution in [0, 0.1) is 5.41 Å². The molecule has 1 aromatic rings. The Bertz CT molecular complexity index is 560. The van der Waals surface area contributed by atoms with E-state index in [1.165, 1.54) is 12.3 Å². The Balaban J connectivity index is 1.61. The van der Waals surface area contributed by atoms with Crippen LogP contribution in [0.15, 0.2) is 12.3 Å². The third-order valence-corrected chi connectivity index (χ3v) is 4.65. The first kappa shape index (κ1) is 14.1. The van der Waals surface area contributed by atoms with Gasteiger partial charge in [-0.15, -0.1) is 0 Å². The van der Waals surface area contributed by atoms with Crippen LogP contribution >= 0.6 is 0 Å². The van der Waals surface area contributed by atoms with Gasteiger partial charge in [0.25, 0.3) is 5.91 Å². The molecule has 2 heterocycles. The average molecular weight is 291 g/mol. The zero-order chi connectivity index (χ0) is 15.0. The number of amides is 2. The number of aromatic amines is 1. The molecule has 6 heteroatoms. The monoisotopic (exact) mass is 291 g/mol. The van der Waals surface area contributed by atoms with E-state index in [2.05, 4.69) is 4.98 Å². The van der Waals surface area contributed by atoms with Gasteiger partial charge < -0.3 is 20.4 Å². The molecule has 0 atom stereocenters. The van der Waals surface area contributed by atoms with Crippen molar-refractivity contribution in [3.63, 3.8) is 0 Å². The number of nitrogens with one attached hydrogen (secondary N) is 1. The normalized spacial score (nSPS) is 27.9. The first-order valence-corrected chi connectivity index (χ1v) is 7.42. The van der Waals surface area contributed by atoms with Gasteiger partial charge in [-0.3, -0.25) is 9.59 Å². The summed E-state index contributed by atoms with van der Waals surface area (Å²) in [5.41, 5.74) is 6.22. The lowest BCUT2D eigenvalue weighted by Crippen LogP contribution is -2.45. The van der Waals surface area contributed by atoms with Crippen LogP contribution in [-0.2, 0) is 4.74 Å². The van der Waals surface area contributed by atoms with Crippen LogP contribution in [0.1, 0.15) is 47.0 Å². The Hall–Kier alpha value is -1.82. The number of nitrogens with zero attached hydrogens (tertiary/aromatic N) is 1. The van der Waals surface area contributed by atoms with Gasteiger partial charge in [-0.1, -0.05) is 0 Å². The second-order valence-electron chi connectivity index (χ2n) is 6.13. The van der Waals surface area contributed by atoms with Gasteiger partial charge in [0, 0.05) is 25.9 Å². The Morgan fingerprint density at radius 2 is 2.29 bits per heavy atom. The fraction of sp³-hybridized carbons (Fsp3) is 0.600. The first-order valence-electron chi connectivity index (χ1n) is 7.42. The van der Waals surface area contributed by atoms with Crippen molar-refractivity contribution in [2.24, 2.45) is 11.1 Å². The van der Waals surface area contributed by atoms with Crippen molar-refractivity contribution in [2.45, 2.75) is 32.3 Å². The maximum atomic E-state index is 12.4. The molecule has 2 aliphatic rings. The van der Waals surface area contributed by atoms with E-state index in [0.29, 0.717) is 17.4 Å². The van der Waals surface area contributed by atoms with E-state index in [4.69, 9.17) is 10.5 Å². The van der Waals surface area contributed by atoms with Crippen molar-refractivity contribution < 1.29 is 14.3 Å². The molecule has 1 saturated carbocycles. The van der Waals surface area contributed by atoms with Crippen molar-refractivity contribution >= 4 is 11.8 Å². The fourth-order valence-electron chi connectivity index (χ4n) is 3.53. The molecule has 1 saturated heterocycles. The van der Waals surface area contributed by atoms with Gasteiger partial charge in [-0.25, -0.2) is 0 Å². The van der Waals surface area contributed by atoms with E-state index < -0.39 is 5.91 Å². The van der Waals surface area contributed by atoms with Gasteiger partial charge in [0.15, 0.2) is 0 Å². The Kier molecular flexibility index (Phi) is 3.49. The van der Waals surface area contributed by atoms with Crippen LogP contribution in [0.3, 0.4) is 0 Å². The van der Waals surface area contributed by atoms with E-state index in [0.717, 1.165) is 39.0 Å². The molecule has 0 bridgehead atoms. The predicted molar refractivity (Wildman–Crippen MR) is 76.9 cm³/mol. The molecule has 2 fully saturated rings. The number of hydrogen-bond donors (Lipinski definition) is 2. The van der Waals surface area contributed by atoms with Crippen molar-refractivity contribution in [2.75, 3.05) is 19.7 Å². The largest absolute Gasteiger partial charge is 0.378 e. The van der Waals surface area contributed by atoms with Gasteiger partial charge in [-0.05, 0) is 37.7 Å². The quantitative estimate of drug-likeness (QED) is 0.872. The molecular formula is C15H21N3O3. The van der Waals surface area contributed by atoms with E-state index in [9.17, 15) is 9.59 Å². The summed E-state index contributed by atoms with van der Waals surface area (Å²) in [5.74, 6) is -0.582. The number of carbonyl (C=O) groups excluding carboxylic acids is 2. The van der Waals surface area contributed by atoms with Crippen LogP contribution < -0.4 is 5.73 Å². The standard InChI is InChI=1S/C15H21N3O3/c1-2-21-11-6-15(7-11)3-4-18(9-15)14(20)12-5-10(8-17-12)13(16)19/h5,8,11,17H,2-4,6-7,9H2,1H3,(H2,16,19). The predicted octanol–water partition coefficient (Wildman–Crippen LogP) is 1.14. The number of ether oxygens (including phenoxy) is 1. The number of carbonyl (C=O) groups is 2. The molecule has 0 radical (unpaired) electrons. The molecule has 1 aliphatic carbocycles. The molecule has 114 valence electrons. The molecular weight excluding hydrogens is 270 g/mol. The zero-order valence-electron chi connectivity index (χ0n) is 12.2. The van der Waals surface area contributed by atoms with E-state index in [1.54, 1.807) is 0 Å². The van der Waals surface area contributed by atoms with Gasteiger partial charge in [0.05, 0.1) is 11.7 Å². The van der Waals surface area contributed by atoms with E-state index >= 15 is 0 Å². The summed E-state index contributed by atoms with van der Waals surface area (Å²) in [6.07, 6.45) is 4.96. The molecule has 0 aromatic carbocycles. The van der Waals surface area contributed by atoms with Crippen molar-refractivity contribution in [3.8, 4) is 0 Å². The highest BCUT2D eigenvalue weighted by molar-refractivity contribution is 5.98. The molecule has 0 unspecified atom stereocenters. The van der Waals surface area contributed by atoms with Crippen LogP contribution in [-0.4, -0.2) is 47.5 Å². The lowest BCUT2D eigenvalue weighted by molar-refractivity contribution is -0.0708. The summed E-state index contributed by atoms with van der Waals surface area (Å²) in [7, 11) is 0. The Labute approximate surface area is 123 Å². The lowest BCUT2D eigenvalue weighted by atomic mass is 9.66. The summed E-state index contributed by atoms with van der Waals surface area (Å²) < 4.78 is 5.61. The van der Waals surface area contributed by atoms with Crippen molar-refractivity contribution in [1.82, 2.24) is 9.88 Å². The summed E-state index contributed by atoms with van der Waals surface area (Å²) in [5, 5.41) is 0. The minimum absolute atomic E-state index is 0.0563. The van der Waals surface area contributed by atoms with Crippen LogP contribution in [0.25, 0.3) is 0 Å². The third kappa shape index (κ3) is 2.55. The Morgan fingerprint density at radius 1 is 1.52 bits per heavy atom. The Morgan fingerprint density at radius 3 is 2.90 bits per heavy atom. The number of aromatic nitrogens is 1. The van der Waals surface area contributed by atoms with Gasteiger partial charge in [0.2, 0.25) is 5.91 Å². The molecule has 6 nitrogen and oxygen atoms in total. The second kappa shape index (κ2) is 5.18. The van der Waals surface area contributed by atoms with Crippen molar-refractivity contribution in [3.05, 3.63) is 23.5 Å². The number of primary amides is 1. The van der Waals surface area contributed by atoms with Gasteiger partial charge in [0.1, 0.15) is 5.69 Å². The molecule has 3 N–H and O–H groups in total. The highest BCUT2D eigenvalue weighted by atomic mass is 16.5. The zero-order valence-corrected chi connectivity index (χ0v) is 12.2. The topological polar surface area (TPSA) is 88.4 Å². The SMILES string of the molecule is CCOC1CC2(CCN(C(=O)c3cc(C(N)=O)c[nH]3)C2)C1. The maximum absolute atomic E-state index is 12.4. The van der Waals surface area contributed by atoms with Crippen LogP contribution in [0.4, 0.5) is 0 Å². The minimum atomic E-state index is -0.526. The lowest BCUT2D eigenvalue weighted by Gasteiger charge is -2.44. The minimum Gasteiger partial charge on any atom is -0.378 e. The smallest absolute Gasteiger partial charge is 0.270 e.